The number of hydrogen-bond acceptors (Lipinski definition) is 4. The lowest BCUT2D eigenvalue weighted by atomic mass is 10.0. The predicted molar refractivity (Wildman–Crippen MR) is 77.9 cm³/mol. The van der Waals surface area contributed by atoms with Crippen LogP contribution in [0.25, 0.3) is 0 Å². The molecule has 0 spiro atoms. The number of nitrogens with zero attached hydrogens (tertiary/aromatic N) is 1. The molecule has 1 aromatic heterocycles. The number of hydrogen-bond donors (Lipinski definition) is 2. The summed E-state index contributed by atoms with van der Waals surface area (Å²) >= 11 is 1.52. The maximum Gasteiger partial charge on any atom is 0.235 e. The maximum atomic E-state index is 12.3. The van der Waals surface area contributed by atoms with Crippen LogP contribution in [0.15, 0.2) is 24.3 Å². The number of benzene rings is 1. The van der Waals surface area contributed by atoms with E-state index in [2.05, 4.69) is 15.6 Å². The molecular weight excluding hydrogens is 258 g/mol. The number of aryl methyl sites for hydroxylation is 2. The second-order valence-corrected chi connectivity index (χ2v) is 5.87. The first-order chi connectivity index (χ1) is 9.15. The lowest BCUT2D eigenvalue weighted by Gasteiger charge is -2.09. The summed E-state index contributed by atoms with van der Waals surface area (Å²) in [5, 5.41) is 6.86. The summed E-state index contributed by atoms with van der Waals surface area (Å²) in [6.45, 7) is 4.61. The Labute approximate surface area is 115 Å². The highest BCUT2D eigenvalue weighted by Crippen LogP contribution is 2.32. The van der Waals surface area contributed by atoms with Crippen molar-refractivity contribution in [3.8, 4) is 0 Å². The van der Waals surface area contributed by atoms with Gasteiger partial charge in [0.1, 0.15) is 0 Å². The topological polar surface area (TPSA) is 54.0 Å². The average Bonchev–Trinajstić information content (AvgIpc) is 2.94. The van der Waals surface area contributed by atoms with Crippen molar-refractivity contribution >= 4 is 28.1 Å². The van der Waals surface area contributed by atoms with Crippen molar-refractivity contribution in [1.82, 2.24) is 4.98 Å². The largest absolute Gasteiger partial charge is 0.384 e. The van der Waals surface area contributed by atoms with Gasteiger partial charge in [0.25, 0.3) is 0 Å². The number of anilines is 2. The number of nitrogens with one attached hydrogen (secondary N) is 2. The smallest absolute Gasteiger partial charge is 0.235 e. The Morgan fingerprint density at radius 1 is 1.42 bits per heavy atom. The van der Waals surface area contributed by atoms with Crippen LogP contribution >= 0.6 is 11.3 Å². The molecule has 0 bridgehead atoms. The van der Waals surface area contributed by atoms with Gasteiger partial charge in [0.05, 0.1) is 11.6 Å². The molecule has 4 nitrogen and oxygen atoms in total. The molecular formula is C14H15N3OS. The molecule has 1 aliphatic heterocycles. The van der Waals surface area contributed by atoms with E-state index in [9.17, 15) is 4.79 Å². The van der Waals surface area contributed by atoms with Crippen LogP contribution in [0, 0.1) is 13.8 Å². The van der Waals surface area contributed by atoms with E-state index in [1.165, 1.54) is 11.3 Å². The van der Waals surface area contributed by atoms with Gasteiger partial charge in [-0.2, -0.15) is 0 Å². The summed E-state index contributed by atoms with van der Waals surface area (Å²) in [4.78, 5) is 17.8. The van der Waals surface area contributed by atoms with Crippen LogP contribution in [-0.4, -0.2) is 17.4 Å². The molecule has 2 N–H and O–H groups in total. The number of carbonyl (C=O) groups excluding carboxylic acids is 1. The lowest BCUT2D eigenvalue weighted by molar-refractivity contribution is -0.117. The average molecular weight is 273 g/mol. The van der Waals surface area contributed by atoms with Gasteiger partial charge in [-0.25, -0.2) is 4.98 Å². The van der Waals surface area contributed by atoms with Crippen LogP contribution in [0.5, 0.6) is 0 Å². The van der Waals surface area contributed by atoms with E-state index >= 15 is 0 Å². The molecule has 1 aromatic carbocycles. The maximum absolute atomic E-state index is 12.3. The van der Waals surface area contributed by atoms with Crippen LogP contribution in [0.1, 0.15) is 22.1 Å². The van der Waals surface area contributed by atoms with Crippen molar-refractivity contribution in [3.63, 3.8) is 0 Å². The van der Waals surface area contributed by atoms with Gasteiger partial charge in [-0.15, -0.1) is 11.3 Å². The fourth-order valence-corrected chi connectivity index (χ4v) is 3.05. The van der Waals surface area contributed by atoms with Crippen molar-refractivity contribution < 1.29 is 4.79 Å². The highest BCUT2D eigenvalue weighted by atomic mass is 32.1. The normalized spacial score (nSPS) is 16.8. The number of amides is 1. The molecule has 19 heavy (non-hydrogen) atoms. The van der Waals surface area contributed by atoms with Crippen LogP contribution in [0.3, 0.4) is 0 Å². The van der Waals surface area contributed by atoms with Crippen molar-refractivity contribution in [1.29, 1.82) is 0 Å². The molecule has 5 heteroatoms. The molecule has 0 saturated heterocycles. The van der Waals surface area contributed by atoms with Gasteiger partial charge in [0.2, 0.25) is 5.91 Å². The Hall–Kier alpha value is -1.88. The number of para-hydroxylation sites is 1. The molecule has 1 amide bonds. The fraction of sp³-hybridized carbons (Fsp3) is 0.286. The highest BCUT2D eigenvalue weighted by Gasteiger charge is 2.28. The van der Waals surface area contributed by atoms with Crippen molar-refractivity contribution in [2.45, 2.75) is 19.8 Å². The van der Waals surface area contributed by atoms with Crippen LogP contribution < -0.4 is 10.6 Å². The molecule has 0 radical (unpaired) electrons. The van der Waals surface area contributed by atoms with Gasteiger partial charge >= 0.3 is 0 Å². The molecule has 0 fully saturated rings. The zero-order valence-corrected chi connectivity index (χ0v) is 11.7. The molecule has 2 heterocycles. The summed E-state index contributed by atoms with van der Waals surface area (Å²) in [6, 6.07) is 7.93. The Balaban J connectivity index is 1.79. The van der Waals surface area contributed by atoms with Gasteiger partial charge in [0.15, 0.2) is 5.13 Å². The molecule has 0 saturated carbocycles. The van der Waals surface area contributed by atoms with Gasteiger partial charge in [-0.05, 0) is 25.5 Å². The van der Waals surface area contributed by atoms with Gasteiger partial charge in [-0.3, -0.25) is 4.79 Å². The third-order valence-corrected chi connectivity index (χ3v) is 4.40. The quantitative estimate of drug-likeness (QED) is 0.884. The minimum absolute atomic E-state index is 0.00574. The third-order valence-electron chi connectivity index (χ3n) is 3.41. The number of rotatable bonds is 2. The Kier molecular flexibility index (Phi) is 2.98. The standard InChI is InChI=1S/C14H15N3OS/c1-8-9(2)19-14(16-8)17-13(18)11-7-15-12-6-4-3-5-10(11)12/h3-6,11,15H,7H2,1-2H3,(H,16,17,18). The van der Waals surface area contributed by atoms with Crippen LogP contribution in [0.2, 0.25) is 0 Å². The van der Waals surface area contributed by atoms with E-state index in [1.54, 1.807) is 0 Å². The molecule has 98 valence electrons. The Morgan fingerprint density at radius 3 is 2.95 bits per heavy atom. The summed E-state index contributed by atoms with van der Waals surface area (Å²) < 4.78 is 0. The number of fused-ring (bicyclic) bond motifs is 1. The fourth-order valence-electron chi connectivity index (χ4n) is 2.24. The third kappa shape index (κ3) is 2.21. The van der Waals surface area contributed by atoms with Crippen molar-refractivity contribution in [2.24, 2.45) is 0 Å². The second-order valence-electron chi connectivity index (χ2n) is 4.67. The molecule has 1 unspecified atom stereocenters. The monoisotopic (exact) mass is 273 g/mol. The van der Waals surface area contributed by atoms with Crippen molar-refractivity contribution in [3.05, 3.63) is 40.4 Å². The zero-order valence-electron chi connectivity index (χ0n) is 10.9. The van der Waals surface area contributed by atoms with E-state index in [0.29, 0.717) is 11.7 Å². The molecule has 2 aromatic rings. The molecule has 0 aliphatic carbocycles. The Morgan fingerprint density at radius 2 is 2.21 bits per heavy atom. The molecule has 3 rings (SSSR count). The SMILES string of the molecule is Cc1nc(NC(=O)C2CNc3ccccc32)sc1C. The number of aromatic nitrogens is 1. The van der Waals surface area contributed by atoms with Crippen LogP contribution in [-0.2, 0) is 4.79 Å². The number of thiazole rings is 1. The summed E-state index contributed by atoms with van der Waals surface area (Å²) in [5.41, 5.74) is 3.09. The predicted octanol–water partition coefficient (Wildman–Crippen LogP) is 2.91. The molecule has 1 atom stereocenters. The lowest BCUT2D eigenvalue weighted by Crippen LogP contribution is -2.22. The van der Waals surface area contributed by atoms with E-state index in [-0.39, 0.29) is 11.8 Å². The van der Waals surface area contributed by atoms with E-state index in [4.69, 9.17) is 0 Å². The number of carbonyl (C=O) groups is 1. The van der Waals surface area contributed by atoms with E-state index in [1.807, 2.05) is 38.1 Å². The van der Waals surface area contributed by atoms with Crippen LogP contribution in [0.4, 0.5) is 10.8 Å². The first-order valence-electron chi connectivity index (χ1n) is 6.23. The summed E-state index contributed by atoms with van der Waals surface area (Å²) in [5.74, 6) is -0.132. The molecule has 1 aliphatic rings. The first kappa shape index (κ1) is 12.2. The van der Waals surface area contributed by atoms with E-state index < -0.39 is 0 Å². The highest BCUT2D eigenvalue weighted by molar-refractivity contribution is 7.15. The van der Waals surface area contributed by atoms with Gasteiger partial charge in [0, 0.05) is 17.1 Å². The van der Waals surface area contributed by atoms with E-state index in [0.717, 1.165) is 21.8 Å². The second kappa shape index (κ2) is 4.66. The minimum atomic E-state index is -0.138. The minimum Gasteiger partial charge on any atom is -0.384 e. The van der Waals surface area contributed by atoms with Gasteiger partial charge < -0.3 is 10.6 Å². The van der Waals surface area contributed by atoms with Crippen molar-refractivity contribution in [2.75, 3.05) is 17.2 Å². The zero-order chi connectivity index (χ0) is 13.4. The Bertz CT molecular complexity index is 616. The summed E-state index contributed by atoms with van der Waals surface area (Å²) in [6.07, 6.45) is 0. The van der Waals surface area contributed by atoms with Gasteiger partial charge in [-0.1, -0.05) is 18.2 Å². The first-order valence-corrected chi connectivity index (χ1v) is 7.04. The summed E-state index contributed by atoms with van der Waals surface area (Å²) in [7, 11) is 0.